The van der Waals surface area contributed by atoms with Crippen LogP contribution in [0.3, 0.4) is 0 Å². The van der Waals surface area contributed by atoms with Crippen LogP contribution in [0.5, 0.6) is 0 Å². The summed E-state index contributed by atoms with van der Waals surface area (Å²) in [6.45, 7) is 0.845. The Balaban J connectivity index is 1.94. The number of hydrogen-bond acceptors (Lipinski definition) is 5. The molecule has 0 bridgehead atoms. The van der Waals surface area contributed by atoms with Crippen LogP contribution in [0.1, 0.15) is 6.42 Å². The molecule has 3 aromatic heterocycles. The van der Waals surface area contributed by atoms with E-state index in [-0.39, 0.29) is 6.61 Å². The van der Waals surface area contributed by atoms with Gasteiger partial charge < -0.3 is 14.8 Å². The summed E-state index contributed by atoms with van der Waals surface area (Å²) in [6.07, 6.45) is 4.05. The van der Waals surface area contributed by atoms with Gasteiger partial charge in [-0.05, 0) is 30.7 Å². The molecule has 98 valence electrons. The first-order valence-electron chi connectivity index (χ1n) is 6.12. The first-order valence-corrected chi connectivity index (χ1v) is 6.12. The number of aliphatic hydroxyl groups excluding tert-OH is 1. The maximum atomic E-state index is 8.76. The lowest BCUT2D eigenvalue weighted by Gasteiger charge is -2.05. The van der Waals surface area contributed by atoms with Crippen LogP contribution in [0.15, 0.2) is 41.1 Å². The molecule has 3 rings (SSSR count). The molecule has 0 spiro atoms. The highest BCUT2D eigenvalue weighted by Crippen LogP contribution is 2.20. The number of aliphatic hydroxyl groups is 1. The van der Waals surface area contributed by atoms with Gasteiger partial charge in [0.1, 0.15) is 11.5 Å². The van der Waals surface area contributed by atoms with Crippen molar-refractivity contribution in [3.05, 3.63) is 36.7 Å². The molecule has 6 nitrogen and oxygen atoms in total. The summed E-state index contributed by atoms with van der Waals surface area (Å²) in [6, 6.07) is 7.46. The number of nitrogens with one attached hydrogen (secondary N) is 1. The molecule has 0 fully saturated rings. The zero-order chi connectivity index (χ0) is 13.1. The van der Waals surface area contributed by atoms with Crippen LogP contribution in [-0.2, 0) is 0 Å². The van der Waals surface area contributed by atoms with Gasteiger partial charge in [0.2, 0.25) is 0 Å². The fourth-order valence-electron chi connectivity index (χ4n) is 1.86. The van der Waals surface area contributed by atoms with Gasteiger partial charge in [-0.3, -0.25) is 0 Å². The van der Waals surface area contributed by atoms with Gasteiger partial charge in [-0.1, -0.05) is 0 Å². The summed E-state index contributed by atoms with van der Waals surface area (Å²) in [5, 5.41) is 16.4. The van der Waals surface area contributed by atoms with E-state index in [1.165, 1.54) is 0 Å². The van der Waals surface area contributed by atoms with Crippen LogP contribution < -0.4 is 5.32 Å². The Bertz CT molecular complexity index is 660. The van der Waals surface area contributed by atoms with Crippen LogP contribution in [0.25, 0.3) is 17.1 Å². The molecule has 0 unspecified atom stereocenters. The fraction of sp³-hybridized carbons (Fsp3) is 0.231. The Labute approximate surface area is 109 Å². The second kappa shape index (κ2) is 5.11. The van der Waals surface area contributed by atoms with Crippen molar-refractivity contribution in [1.82, 2.24) is 14.6 Å². The predicted molar refractivity (Wildman–Crippen MR) is 70.9 cm³/mol. The van der Waals surface area contributed by atoms with Crippen molar-refractivity contribution in [1.29, 1.82) is 0 Å². The van der Waals surface area contributed by atoms with E-state index in [0.29, 0.717) is 13.0 Å². The first kappa shape index (κ1) is 11.7. The molecule has 0 saturated carbocycles. The van der Waals surface area contributed by atoms with E-state index in [1.54, 1.807) is 17.0 Å². The number of imidazole rings is 1. The average molecular weight is 258 g/mol. The van der Waals surface area contributed by atoms with Crippen LogP contribution >= 0.6 is 0 Å². The number of furan rings is 1. The second-order valence-corrected chi connectivity index (χ2v) is 4.11. The third-order valence-electron chi connectivity index (χ3n) is 2.78. The summed E-state index contributed by atoms with van der Waals surface area (Å²) >= 11 is 0. The van der Waals surface area contributed by atoms with E-state index >= 15 is 0 Å². The Morgan fingerprint density at radius 3 is 3.05 bits per heavy atom. The van der Waals surface area contributed by atoms with E-state index in [9.17, 15) is 0 Å². The molecule has 0 amide bonds. The lowest BCUT2D eigenvalue weighted by atomic mass is 10.3. The van der Waals surface area contributed by atoms with Crippen LogP contribution in [-0.4, -0.2) is 32.9 Å². The lowest BCUT2D eigenvalue weighted by Crippen LogP contribution is -2.07. The minimum absolute atomic E-state index is 0.165. The lowest BCUT2D eigenvalue weighted by molar-refractivity contribution is 0.292. The van der Waals surface area contributed by atoms with E-state index in [4.69, 9.17) is 9.52 Å². The molecule has 19 heavy (non-hydrogen) atoms. The minimum atomic E-state index is 0.165. The molecule has 2 N–H and O–H groups in total. The Hall–Kier alpha value is -2.34. The maximum absolute atomic E-state index is 8.76. The van der Waals surface area contributed by atoms with Crippen molar-refractivity contribution in [3.63, 3.8) is 0 Å². The van der Waals surface area contributed by atoms with Crippen molar-refractivity contribution in [2.24, 2.45) is 0 Å². The Morgan fingerprint density at radius 1 is 1.32 bits per heavy atom. The quantitative estimate of drug-likeness (QED) is 0.682. The van der Waals surface area contributed by atoms with E-state index < -0.39 is 0 Å². The van der Waals surface area contributed by atoms with Gasteiger partial charge in [-0.15, -0.1) is 5.10 Å². The summed E-state index contributed by atoms with van der Waals surface area (Å²) in [7, 11) is 0. The maximum Gasteiger partial charge on any atom is 0.154 e. The third kappa shape index (κ3) is 2.30. The molecule has 0 aromatic carbocycles. The third-order valence-corrected chi connectivity index (χ3v) is 2.78. The standard InChI is InChI=1S/C13H14N4O2/c18-7-2-6-14-12-4-5-13-15-9-10(17(13)16-12)11-3-1-8-19-11/h1,3-5,8-9,18H,2,6-7H2,(H,14,16). The molecular weight excluding hydrogens is 244 g/mol. The molecule has 0 aliphatic heterocycles. The highest BCUT2D eigenvalue weighted by atomic mass is 16.3. The predicted octanol–water partition coefficient (Wildman–Crippen LogP) is 1.78. The highest BCUT2D eigenvalue weighted by Gasteiger charge is 2.09. The molecule has 6 heteroatoms. The number of fused-ring (bicyclic) bond motifs is 1. The van der Waals surface area contributed by atoms with Gasteiger partial charge in [-0.25, -0.2) is 9.50 Å². The molecule has 3 heterocycles. The largest absolute Gasteiger partial charge is 0.463 e. The van der Waals surface area contributed by atoms with Crippen molar-refractivity contribution in [3.8, 4) is 11.5 Å². The second-order valence-electron chi connectivity index (χ2n) is 4.11. The summed E-state index contributed by atoms with van der Waals surface area (Å²) in [5.41, 5.74) is 1.57. The molecule has 3 aromatic rings. The monoisotopic (exact) mass is 258 g/mol. The molecular formula is C13H14N4O2. The van der Waals surface area contributed by atoms with E-state index in [0.717, 1.165) is 22.9 Å². The smallest absolute Gasteiger partial charge is 0.154 e. The topological polar surface area (TPSA) is 75.6 Å². The number of nitrogens with zero attached hydrogens (tertiary/aromatic N) is 3. The van der Waals surface area contributed by atoms with Gasteiger partial charge in [0, 0.05) is 13.2 Å². The average Bonchev–Trinajstić information content (AvgIpc) is 3.07. The van der Waals surface area contributed by atoms with Gasteiger partial charge in [0.25, 0.3) is 0 Å². The fourth-order valence-corrected chi connectivity index (χ4v) is 1.86. The molecule has 0 aliphatic carbocycles. The normalized spacial score (nSPS) is 11.0. The Morgan fingerprint density at radius 2 is 2.26 bits per heavy atom. The van der Waals surface area contributed by atoms with E-state index in [1.807, 2.05) is 24.3 Å². The van der Waals surface area contributed by atoms with Gasteiger partial charge >= 0.3 is 0 Å². The first-order chi connectivity index (χ1) is 9.38. The van der Waals surface area contributed by atoms with Crippen LogP contribution in [0.4, 0.5) is 5.82 Å². The van der Waals surface area contributed by atoms with Crippen molar-refractivity contribution < 1.29 is 9.52 Å². The van der Waals surface area contributed by atoms with Gasteiger partial charge in [-0.2, -0.15) is 0 Å². The van der Waals surface area contributed by atoms with Crippen molar-refractivity contribution >= 4 is 11.5 Å². The summed E-state index contributed by atoms with van der Waals surface area (Å²) in [4.78, 5) is 4.28. The molecule has 0 atom stereocenters. The molecule has 0 aliphatic rings. The zero-order valence-corrected chi connectivity index (χ0v) is 10.3. The summed E-state index contributed by atoms with van der Waals surface area (Å²) < 4.78 is 7.11. The highest BCUT2D eigenvalue weighted by molar-refractivity contribution is 5.58. The number of hydrogen-bond donors (Lipinski definition) is 2. The number of rotatable bonds is 5. The van der Waals surface area contributed by atoms with Crippen LogP contribution in [0, 0.1) is 0 Å². The number of anilines is 1. The summed E-state index contributed by atoms with van der Waals surface area (Å²) in [5.74, 6) is 1.47. The van der Waals surface area contributed by atoms with E-state index in [2.05, 4.69) is 15.4 Å². The molecule has 0 radical (unpaired) electrons. The van der Waals surface area contributed by atoms with Gasteiger partial charge in [0.05, 0.1) is 12.5 Å². The molecule has 0 saturated heterocycles. The zero-order valence-electron chi connectivity index (χ0n) is 10.3. The SMILES string of the molecule is OCCCNc1ccc2ncc(-c3ccco3)n2n1. The Kier molecular flexibility index (Phi) is 3.16. The van der Waals surface area contributed by atoms with Crippen LogP contribution in [0.2, 0.25) is 0 Å². The van der Waals surface area contributed by atoms with Gasteiger partial charge in [0.15, 0.2) is 11.4 Å². The van der Waals surface area contributed by atoms with Crippen molar-refractivity contribution in [2.45, 2.75) is 6.42 Å². The minimum Gasteiger partial charge on any atom is -0.463 e. The van der Waals surface area contributed by atoms with Crippen molar-refractivity contribution in [2.75, 3.05) is 18.5 Å². The number of aromatic nitrogens is 3.